The van der Waals surface area contributed by atoms with Gasteiger partial charge >= 0.3 is 0 Å². The van der Waals surface area contributed by atoms with Crippen molar-refractivity contribution >= 4 is 17.3 Å². The van der Waals surface area contributed by atoms with Crippen molar-refractivity contribution in [1.29, 1.82) is 0 Å². The molecule has 1 aliphatic heterocycles. The van der Waals surface area contributed by atoms with Crippen LogP contribution in [0.4, 0.5) is 11.4 Å². The fourth-order valence-corrected chi connectivity index (χ4v) is 4.46. The topological polar surface area (TPSA) is 41.1 Å². The van der Waals surface area contributed by atoms with E-state index in [-0.39, 0.29) is 5.91 Å². The lowest BCUT2D eigenvalue weighted by Crippen LogP contribution is -2.29. The largest absolute Gasteiger partial charge is 0.378 e. The smallest absolute Gasteiger partial charge is 0.255 e. The average Bonchev–Trinajstić information content (AvgIpc) is 3.25. The Bertz CT molecular complexity index is 1030. The van der Waals surface area contributed by atoms with Crippen LogP contribution >= 0.6 is 0 Å². The van der Waals surface area contributed by atoms with Crippen LogP contribution in [0, 0.1) is 5.92 Å². The number of benzene rings is 3. The molecule has 0 radical (unpaired) electrons. The van der Waals surface area contributed by atoms with Crippen LogP contribution < -0.4 is 10.6 Å². The van der Waals surface area contributed by atoms with Gasteiger partial charge in [0, 0.05) is 22.9 Å². The number of carbonyl (C=O) groups excluding carboxylic acids is 1. The number of hydrogen-bond donors (Lipinski definition) is 2. The highest BCUT2D eigenvalue weighted by molar-refractivity contribution is 6.04. The Labute approximate surface area is 165 Å². The van der Waals surface area contributed by atoms with E-state index in [1.807, 2.05) is 36.4 Å². The lowest BCUT2D eigenvalue weighted by atomic mass is 9.77. The number of hydrogen-bond acceptors (Lipinski definition) is 2. The Morgan fingerprint density at radius 2 is 1.68 bits per heavy atom. The van der Waals surface area contributed by atoms with Gasteiger partial charge in [0.1, 0.15) is 0 Å². The molecule has 0 spiro atoms. The van der Waals surface area contributed by atoms with Crippen molar-refractivity contribution in [2.24, 2.45) is 5.92 Å². The minimum absolute atomic E-state index is 0.0787. The maximum atomic E-state index is 12.5. The predicted octanol–water partition coefficient (Wildman–Crippen LogP) is 5.77. The Morgan fingerprint density at radius 1 is 0.929 bits per heavy atom. The number of anilines is 2. The van der Waals surface area contributed by atoms with Crippen LogP contribution in [-0.4, -0.2) is 5.91 Å². The molecule has 0 saturated heterocycles. The Kier molecular flexibility index (Phi) is 4.21. The molecule has 1 aliphatic carbocycles. The van der Waals surface area contributed by atoms with E-state index < -0.39 is 0 Å². The summed E-state index contributed by atoms with van der Waals surface area (Å²) in [7, 11) is 0. The summed E-state index contributed by atoms with van der Waals surface area (Å²) < 4.78 is 0. The predicted molar refractivity (Wildman–Crippen MR) is 114 cm³/mol. The molecule has 3 aromatic rings. The summed E-state index contributed by atoms with van der Waals surface area (Å²) in [6.07, 6.45) is 5.68. The first-order valence-corrected chi connectivity index (χ1v) is 9.78. The van der Waals surface area contributed by atoms with Crippen LogP contribution in [0.1, 0.15) is 39.9 Å². The van der Waals surface area contributed by atoms with Gasteiger partial charge < -0.3 is 10.6 Å². The zero-order valence-corrected chi connectivity index (χ0v) is 15.5. The van der Waals surface area contributed by atoms with E-state index in [1.54, 1.807) is 0 Å². The summed E-state index contributed by atoms with van der Waals surface area (Å²) in [5.74, 6) is 0.787. The molecule has 2 aliphatic rings. The summed E-state index contributed by atoms with van der Waals surface area (Å²) in [4.78, 5) is 12.5. The summed E-state index contributed by atoms with van der Waals surface area (Å²) in [6.45, 7) is 0. The van der Waals surface area contributed by atoms with E-state index in [4.69, 9.17) is 0 Å². The van der Waals surface area contributed by atoms with E-state index in [2.05, 4.69) is 65.3 Å². The summed E-state index contributed by atoms with van der Waals surface area (Å²) in [6, 6.07) is 26.5. The molecule has 1 heterocycles. The molecule has 0 aromatic heterocycles. The molecule has 0 fully saturated rings. The molecule has 3 aromatic carbocycles. The van der Waals surface area contributed by atoms with Crippen LogP contribution in [0.3, 0.4) is 0 Å². The fraction of sp³-hybridized carbons (Fsp3) is 0.160. The van der Waals surface area contributed by atoms with E-state index in [0.29, 0.717) is 23.4 Å². The van der Waals surface area contributed by atoms with Crippen LogP contribution in [0.5, 0.6) is 0 Å². The lowest BCUT2D eigenvalue weighted by molar-refractivity contribution is 0.102. The first kappa shape index (κ1) is 16.8. The molecule has 3 atom stereocenters. The first-order valence-electron chi connectivity index (χ1n) is 9.78. The maximum Gasteiger partial charge on any atom is 0.255 e. The van der Waals surface area contributed by atoms with Gasteiger partial charge in [0.05, 0.1) is 6.04 Å². The number of fused-ring (bicyclic) bond motifs is 3. The summed E-state index contributed by atoms with van der Waals surface area (Å²) >= 11 is 0. The van der Waals surface area contributed by atoms with E-state index >= 15 is 0 Å². The second-order valence-electron chi connectivity index (χ2n) is 7.51. The molecule has 3 nitrogen and oxygen atoms in total. The molecule has 28 heavy (non-hydrogen) atoms. The van der Waals surface area contributed by atoms with Gasteiger partial charge in [-0.1, -0.05) is 60.7 Å². The molecule has 3 unspecified atom stereocenters. The lowest BCUT2D eigenvalue weighted by Gasteiger charge is -2.37. The van der Waals surface area contributed by atoms with E-state index in [9.17, 15) is 4.79 Å². The van der Waals surface area contributed by atoms with Crippen LogP contribution in [-0.2, 0) is 0 Å². The fourth-order valence-electron chi connectivity index (χ4n) is 4.46. The van der Waals surface area contributed by atoms with Crippen molar-refractivity contribution in [3.05, 3.63) is 108 Å². The first-order chi connectivity index (χ1) is 13.8. The third kappa shape index (κ3) is 2.99. The van der Waals surface area contributed by atoms with Gasteiger partial charge in [-0.3, -0.25) is 4.79 Å². The van der Waals surface area contributed by atoms with Gasteiger partial charge in [-0.2, -0.15) is 0 Å². The van der Waals surface area contributed by atoms with Crippen molar-refractivity contribution in [3.8, 4) is 0 Å². The maximum absolute atomic E-state index is 12.5. The van der Waals surface area contributed by atoms with Gasteiger partial charge in [-0.05, 0) is 53.8 Å². The number of amides is 1. The minimum atomic E-state index is -0.0787. The molecular formula is C25H22N2O. The van der Waals surface area contributed by atoms with Crippen molar-refractivity contribution in [1.82, 2.24) is 0 Å². The van der Waals surface area contributed by atoms with Gasteiger partial charge in [0.25, 0.3) is 5.91 Å². The quantitative estimate of drug-likeness (QED) is 0.578. The Morgan fingerprint density at radius 3 is 2.46 bits per heavy atom. The zero-order valence-electron chi connectivity index (χ0n) is 15.5. The summed E-state index contributed by atoms with van der Waals surface area (Å²) in [5.41, 5.74) is 5.25. The zero-order chi connectivity index (χ0) is 18.9. The second-order valence-corrected chi connectivity index (χ2v) is 7.51. The molecule has 0 bridgehead atoms. The minimum Gasteiger partial charge on any atom is -0.378 e. The second kappa shape index (κ2) is 7.01. The molecule has 3 heteroatoms. The molecule has 138 valence electrons. The van der Waals surface area contributed by atoms with Crippen LogP contribution in [0.25, 0.3) is 0 Å². The Balaban J connectivity index is 1.45. The van der Waals surface area contributed by atoms with Crippen molar-refractivity contribution < 1.29 is 4.79 Å². The molecule has 1 amide bonds. The molecule has 0 saturated carbocycles. The highest BCUT2D eigenvalue weighted by Gasteiger charge is 2.37. The molecular weight excluding hydrogens is 344 g/mol. The van der Waals surface area contributed by atoms with Crippen molar-refractivity contribution in [2.45, 2.75) is 18.4 Å². The van der Waals surface area contributed by atoms with Gasteiger partial charge in [-0.25, -0.2) is 0 Å². The third-order valence-electron chi connectivity index (χ3n) is 5.82. The average molecular weight is 366 g/mol. The van der Waals surface area contributed by atoms with Gasteiger partial charge in [-0.15, -0.1) is 0 Å². The van der Waals surface area contributed by atoms with Crippen LogP contribution in [0.15, 0.2) is 91.0 Å². The number of carbonyl (C=O) groups is 1. The van der Waals surface area contributed by atoms with Crippen molar-refractivity contribution in [3.63, 3.8) is 0 Å². The third-order valence-corrected chi connectivity index (χ3v) is 5.82. The Hall–Kier alpha value is -3.33. The van der Waals surface area contributed by atoms with E-state index in [0.717, 1.165) is 17.8 Å². The van der Waals surface area contributed by atoms with Gasteiger partial charge in [0.2, 0.25) is 0 Å². The standard InChI is InChI=1S/C25H22N2O/c28-25(18-10-5-2-6-11-18)26-19-14-15-23-22(16-19)20-12-7-13-21(20)24(27-23)17-8-3-1-4-9-17/h1-12,14-16,20-21,24,27H,13H2,(H,26,28). The molecule has 2 N–H and O–H groups in total. The normalized spacial score (nSPS) is 22.1. The number of allylic oxidation sites excluding steroid dienone is 2. The number of nitrogens with one attached hydrogen (secondary N) is 2. The SMILES string of the molecule is O=C(Nc1ccc2c(c1)C1C=CCC1C(c1ccccc1)N2)c1ccccc1. The van der Waals surface area contributed by atoms with Crippen LogP contribution in [0.2, 0.25) is 0 Å². The monoisotopic (exact) mass is 366 g/mol. The highest BCUT2D eigenvalue weighted by Crippen LogP contribution is 2.50. The summed E-state index contributed by atoms with van der Waals surface area (Å²) in [5, 5.41) is 6.78. The highest BCUT2D eigenvalue weighted by atomic mass is 16.1. The molecule has 5 rings (SSSR count). The van der Waals surface area contributed by atoms with Crippen molar-refractivity contribution in [2.75, 3.05) is 10.6 Å². The number of rotatable bonds is 3. The van der Waals surface area contributed by atoms with Gasteiger partial charge in [0.15, 0.2) is 0 Å². The van der Waals surface area contributed by atoms with E-state index in [1.165, 1.54) is 11.1 Å².